The number of benzene rings is 3. The predicted molar refractivity (Wildman–Crippen MR) is 112 cm³/mol. The highest BCUT2D eigenvalue weighted by atomic mass is 16.5. The van der Waals surface area contributed by atoms with E-state index in [2.05, 4.69) is 10.6 Å². The Hall–Kier alpha value is -3.93. The van der Waals surface area contributed by atoms with E-state index >= 15 is 0 Å². The van der Waals surface area contributed by atoms with Gasteiger partial charge in [0, 0.05) is 5.56 Å². The van der Waals surface area contributed by atoms with Crippen LogP contribution in [0.4, 0.5) is 0 Å². The molecule has 0 aliphatic carbocycles. The van der Waals surface area contributed by atoms with Crippen molar-refractivity contribution in [1.82, 2.24) is 10.6 Å². The third kappa shape index (κ3) is 3.80. The Morgan fingerprint density at radius 1 is 0.900 bits per heavy atom. The van der Waals surface area contributed by atoms with E-state index in [4.69, 9.17) is 4.74 Å². The van der Waals surface area contributed by atoms with E-state index in [1.165, 1.54) is 12.1 Å². The monoisotopic (exact) mass is 400 g/mol. The van der Waals surface area contributed by atoms with Crippen LogP contribution < -0.4 is 15.4 Å². The van der Waals surface area contributed by atoms with Crippen LogP contribution in [0.2, 0.25) is 0 Å². The quantitative estimate of drug-likeness (QED) is 0.621. The van der Waals surface area contributed by atoms with Gasteiger partial charge in [-0.1, -0.05) is 42.5 Å². The van der Waals surface area contributed by atoms with Crippen molar-refractivity contribution >= 4 is 17.7 Å². The number of carbonyl (C=O) groups is 3. The Bertz CT molecular complexity index is 1110. The summed E-state index contributed by atoms with van der Waals surface area (Å²) in [6.45, 7) is 2.50. The minimum absolute atomic E-state index is 0.213. The van der Waals surface area contributed by atoms with Gasteiger partial charge >= 0.3 is 0 Å². The summed E-state index contributed by atoms with van der Waals surface area (Å²) in [7, 11) is 0. The summed E-state index contributed by atoms with van der Waals surface area (Å²) in [4.78, 5) is 36.7. The second-order valence-electron chi connectivity index (χ2n) is 6.86. The van der Waals surface area contributed by atoms with Gasteiger partial charge in [-0.3, -0.25) is 19.7 Å². The van der Waals surface area contributed by atoms with E-state index in [-0.39, 0.29) is 17.0 Å². The summed E-state index contributed by atoms with van der Waals surface area (Å²) in [5.41, 5.74) is 2.62. The molecule has 3 amide bonds. The van der Waals surface area contributed by atoms with Gasteiger partial charge in [-0.05, 0) is 48.4 Å². The molecule has 6 nitrogen and oxygen atoms in total. The third-order valence-corrected chi connectivity index (χ3v) is 4.93. The first-order valence-corrected chi connectivity index (χ1v) is 9.65. The Morgan fingerprint density at radius 3 is 2.27 bits per heavy atom. The second-order valence-corrected chi connectivity index (χ2v) is 6.86. The molecular formula is C24H20N2O4. The van der Waals surface area contributed by atoms with Crippen molar-refractivity contribution in [3.63, 3.8) is 0 Å². The van der Waals surface area contributed by atoms with Crippen LogP contribution in [-0.2, 0) is 0 Å². The van der Waals surface area contributed by atoms with Gasteiger partial charge in [-0.25, -0.2) is 0 Å². The molecule has 0 spiro atoms. The Labute approximate surface area is 173 Å². The minimum Gasteiger partial charge on any atom is -0.494 e. The molecular weight excluding hydrogens is 380 g/mol. The number of hydrogen-bond donors (Lipinski definition) is 2. The lowest BCUT2D eigenvalue weighted by Crippen LogP contribution is -2.29. The van der Waals surface area contributed by atoms with E-state index in [0.717, 1.165) is 16.9 Å². The molecule has 0 fully saturated rings. The normalized spacial score (nSPS) is 13.4. The van der Waals surface area contributed by atoms with Crippen LogP contribution in [-0.4, -0.2) is 24.3 Å². The number of ether oxygens (including phenoxy) is 1. The molecule has 1 atom stereocenters. The molecule has 30 heavy (non-hydrogen) atoms. The van der Waals surface area contributed by atoms with E-state index in [1.807, 2.05) is 61.5 Å². The molecule has 0 radical (unpaired) electrons. The van der Waals surface area contributed by atoms with E-state index in [1.54, 1.807) is 6.07 Å². The molecule has 1 aliphatic rings. The van der Waals surface area contributed by atoms with Crippen molar-refractivity contribution in [2.24, 2.45) is 0 Å². The maximum Gasteiger partial charge on any atom is 0.258 e. The van der Waals surface area contributed by atoms with Gasteiger partial charge in [0.05, 0.1) is 23.8 Å². The van der Waals surface area contributed by atoms with Crippen molar-refractivity contribution in [3.05, 3.63) is 101 Å². The smallest absolute Gasteiger partial charge is 0.258 e. The molecule has 0 saturated heterocycles. The first-order chi connectivity index (χ1) is 14.6. The Morgan fingerprint density at radius 2 is 1.57 bits per heavy atom. The molecule has 0 saturated carbocycles. The zero-order valence-corrected chi connectivity index (χ0v) is 16.3. The molecule has 3 aromatic carbocycles. The fourth-order valence-corrected chi connectivity index (χ4v) is 3.45. The van der Waals surface area contributed by atoms with Crippen molar-refractivity contribution in [1.29, 1.82) is 0 Å². The van der Waals surface area contributed by atoms with E-state index in [0.29, 0.717) is 12.2 Å². The molecule has 6 heteroatoms. The first kappa shape index (κ1) is 19.4. The number of amides is 3. The summed E-state index contributed by atoms with van der Waals surface area (Å²) in [5.74, 6) is -0.518. The molecule has 4 rings (SSSR count). The van der Waals surface area contributed by atoms with Gasteiger partial charge in [0.1, 0.15) is 5.75 Å². The molecule has 1 heterocycles. The fourth-order valence-electron chi connectivity index (χ4n) is 3.45. The highest BCUT2D eigenvalue weighted by Crippen LogP contribution is 2.25. The molecule has 1 aliphatic heterocycles. The Balaban J connectivity index is 1.64. The number of fused-ring (bicyclic) bond motifs is 1. The van der Waals surface area contributed by atoms with Gasteiger partial charge in [0.25, 0.3) is 17.7 Å². The van der Waals surface area contributed by atoms with E-state index in [9.17, 15) is 14.4 Å². The molecule has 0 aromatic heterocycles. The number of nitrogens with one attached hydrogen (secondary N) is 2. The summed E-state index contributed by atoms with van der Waals surface area (Å²) in [6, 6.07) is 21.3. The lowest BCUT2D eigenvalue weighted by molar-refractivity contribution is 0.0878. The summed E-state index contributed by atoms with van der Waals surface area (Å²) < 4.78 is 5.51. The number of rotatable bonds is 6. The van der Waals surface area contributed by atoms with Crippen molar-refractivity contribution in [2.75, 3.05) is 6.61 Å². The van der Waals surface area contributed by atoms with Crippen LogP contribution >= 0.6 is 0 Å². The molecule has 3 aromatic rings. The predicted octanol–water partition coefficient (Wildman–Crippen LogP) is 3.49. The number of imide groups is 1. The van der Waals surface area contributed by atoms with Crippen LogP contribution in [0.5, 0.6) is 5.75 Å². The highest BCUT2D eigenvalue weighted by Gasteiger charge is 2.28. The van der Waals surface area contributed by atoms with Crippen molar-refractivity contribution < 1.29 is 19.1 Å². The lowest BCUT2D eigenvalue weighted by Gasteiger charge is -2.20. The molecule has 2 N–H and O–H groups in total. The van der Waals surface area contributed by atoms with Crippen molar-refractivity contribution in [3.8, 4) is 5.75 Å². The van der Waals surface area contributed by atoms with Crippen LogP contribution in [0.1, 0.15) is 55.2 Å². The van der Waals surface area contributed by atoms with Crippen LogP contribution in [0.25, 0.3) is 0 Å². The number of carbonyl (C=O) groups excluding carboxylic acids is 3. The second kappa shape index (κ2) is 8.21. The SMILES string of the molecule is CCOc1ccc(C(NC(=O)c2ccc3c(c2)C(=O)NC3=O)c2ccccc2)cc1. The number of hydrogen-bond acceptors (Lipinski definition) is 4. The van der Waals surface area contributed by atoms with Crippen molar-refractivity contribution in [2.45, 2.75) is 13.0 Å². The van der Waals surface area contributed by atoms with Crippen LogP contribution in [0, 0.1) is 0 Å². The summed E-state index contributed by atoms with van der Waals surface area (Å²) >= 11 is 0. The van der Waals surface area contributed by atoms with Gasteiger partial charge in [0.15, 0.2) is 0 Å². The fraction of sp³-hybridized carbons (Fsp3) is 0.125. The van der Waals surface area contributed by atoms with Crippen LogP contribution in [0.3, 0.4) is 0 Å². The van der Waals surface area contributed by atoms with Gasteiger partial charge < -0.3 is 10.1 Å². The average molecular weight is 400 g/mol. The summed E-state index contributed by atoms with van der Waals surface area (Å²) in [5, 5.41) is 5.27. The zero-order chi connectivity index (χ0) is 21.1. The topological polar surface area (TPSA) is 84.5 Å². The molecule has 1 unspecified atom stereocenters. The van der Waals surface area contributed by atoms with Crippen LogP contribution in [0.15, 0.2) is 72.8 Å². The van der Waals surface area contributed by atoms with E-state index < -0.39 is 17.9 Å². The highest BCUT2D eigenvalue weighted by molar-refractivity contribution is 6.22. The zero-order valence-electron chi connectivity index (χ0n) is 16.3. The molecule has 150 valence electrons. The first-order valence-electron chi connectivity index (χ1n) is 9.65. The Kier molecular flexibility index (Phi) is 5.30. The summed E-state index contributed by atoms with van der Waals surface area (Å²) in [6.07, 6.45) is 0. The molecule has 0 bridgehead atoms. The third-order valence-electron chi connectivity index (χ3n) is 4.93. The standard InChI is InChI=1S/C24H20N2O4/c1-2-30-18-11-8-16(9-12-18)21(15-6-4-3-5-7-15)25-22(27)17-10-13-19-20(14-17)24(29)26-23(19)28/h3-14,21H,2H2,1H3,(H,25,27)(H,26,28,29). The maximum atomic E-state index is 13.0. The maximum absolute atomic E-state index is 13.0. The van der Waals surface area contributed by atoms with Gasteiger partial charge in [0.2, 0.25) is 0 Å². The minimum atomic E-state index is -0.490. The van der Waals surface area contributed by atoms with Gasteiger partial charge in [-0.15, -0.1) is 0 Å². The average Bonchev–Trinajstić information content (AvgIpc) is 3.06. The largest absolute Gasteiger partial charge is 0.494 e. The van der Waals surface area contributed by atoms with Gasteiger partial charge in [-0.2, -0.15) is 0 Å². The lowest BCUT2D eigenvalue weighted by atomic mass is 9.97.